The summed E-state index contributed by atoms with van der Waals surface area (Å²) >= 11 is 8.22. The van der Waals surface area contributed by atoms with Gasteiger partial charge in [-0.15, -0.1) is 0 Å². The first-order valence-electron chi connectivity index (χ1n) is 3.92. The van der Waals surface area contributed by atoms with Gasteiger partial charge in [0.1, 0.15) is 5.82 Å². The molecule has 0 atom stereocenters. The van der Waals surface area contributed by atoms with Crippen LogP contribution in [0.1, 0.15) is 15.9 Å². The fraction of sp³-hybridized carbons (Fsp3) is 0.222. The molecule has 88 valence electrons. The molecule has 0 aliphatic heterocycles. The molecule has 1 nitrogen and oxygen atoms in total. The minimum absolute atomic E-state index is 0.124. The first-order valence-corrected chi connectivity index (χ1v) is 5.09. The summed E-state index contributed by atoms with van der Waals surface area (Å²) in [4.78, 5) is 11.0. The molecule has 1 rings (SSSR count). The van der Waals surface area contributed by atoms with Gasteiger partial charge in [0.2, 0.25) is 0 Å². The van der Waals surface area contributed by atoms with Crippen LogP contribution in [0.3, 0.4) is 0 Å². The lowest BCUT2D eigenvalue weighted by molar-refractivity contribution is -0.0888. The molecule has 0 unspecified atom stereocenters. The van der Waals surface area contributed by atoms with Crippen LogP contribution < -0.4 is 0 Å². The Balaban J connectivity index is 3.50. The Labute approximate surface area is 102 Å². The second-order valence-electron chi connectivity index (χ2n) is 3.01. The van der Waals surface area contributed by atoms with Gasteiger partial charge in [0.05, 0.1) is 15.1 Å². The van der Waals surface area contributed by atoms with Gasteiger partial charge in [-0.3, -0.25) is 4.79 Å². The van der Waals surface area contributed by atoms with Gasteiger partial charge in [0.15, 0.2) is 0 Å². The lowest BCUT2D eigenvalue weighted by Gasteiger charge is -2.11. The summed E-state index contributed by atoms with van der Waals surface area (Å²) in [7, 11) is 0. The van der Waals surface area contributed by atoms with Gasteiger partial charge < -0.3 is 0 Å². The van der Waals surface area contributed by atoms with Crippen LogP contribution in [-0.2, 0) is 0 Å². The fourth-order valence-corrected chi connectivity index (χ4v) is 1.80. The van der Waals surface area contributed by atoms with E-state index in [1.807, 2.05) is 0 Å². The Morgan fingerprint density at radius 2 is 1.94 bits per heavy atom. The SMILES string of the molecule is Cc1cc(Cl)c(Br)c(C(=O)C(F)(F)F)c1F. The third-order valence-corrected chi connectivity index (χ3v) is 3.17. The van der Waals surface area contributed by atoms with Crippen molar-refractivity contribution in [3.63, 3.8) is 0 Å². The molecule has 1 aromatic carbocycles. The van der Waals surface area contributed by atoms with Crippen LogP contribution in [0.5, 0.6) is 0 Å². The molecule has 0 bridgehead atoms. The minimum Gasteiger partial charge on any atom is -0.284 e. The smallest absolute Gasteiger partial charge is 0.284 e. The number of alkyl halides is 3. The average molecular weight is 319 g/mol. The maximum atomic E-state index is 13.4. The molecule has 0 spiro atoms. The van der Waals surface area contributed by atoms with E-state index in [1.165, 1.54) is 6.92 Å². The topological polar surface area (TPSA) is 17.1 Å². The molecular formula is C9H4BrClF4O. The van der Waals surface area contributed by atoms with Gasteiger partial charge in [-0.25, -0.2) is 4.39 Å². The average Bonchev–Trinajstić information content (AvgIpc) is 2.13. The number of carbonyl (C=O) groups excluding carboxylic acids is 1. The van der Waals surface area contributed by atoms with Crippen molar-refractivity contribution in [3.8, 4) is 0 Å². The normalized spacial score (nSPS) is 11.7. The van der Waals surface area contributed by atoms with E-state index in [-0.39, 0.29) is 15.1 Å². The molecule has 0 aromatic heterocycles. The summed E-state index contributed by atoms with van der Waals surface area (Å²) in [6.07, 6.45) is -5.14. The van der Waals surface area contributed by atoms with E-state index in [4.69, 9.17) is 11.6 Å². The molecule has 0 aliphatic carbocycles. The lowest BCUT2D eigenvalue weighted by Crippen LogP contribution is -2.24. The summed E-state index contributed by atoms with van der Waals surface area (Å²) in [5, 5.41) is -0.147. The molecule has 0 heterocycles. The van der Waals surface area contributed by atoms with Crippen molar-refractivity contribution in [3.05, 3.63) is 32.5 Å². The number of hydrogen-bond donors (Lipinski definition) is 0. The molecule has 0 saturated carbocycles. The van der Waals surface area contributed by atoms with Crippen LogP contribution in [0.25, 0.3) is 0 Å². The van der Waals surface area contributed by atoms with Crippen molar-refractivity contribution in [2.45, 2.75) is 13.1 Å². The Morgan fingerprint density at radius 1 is 1.44 bits per heavy atom. The molecular weight excluding hydrogens is 315 g/mol. The highest BCUT2D eigenvalue weighted by molar-refractivity contribution is 9.10. The van der Waals surface area contributed by atoms with Gasteiger partial charge >= 0.3 is 6.18 Å². The van der Waals surface area contributed by atoms with Crippen LogP contribution in [0.4, 0.5) is 17.6 Å². The van der Waals surface area contributed by atoms with Crippen LogP contribution in [0.2, 0.25) is 5.02 Å². The number of benzene rings is 1. The van der Waals surface area contributed by atoms with Crippen LogP contribution >= 0.6 is 27.5 Å². The van der Waals surface area contributed by atoms with Crippen molar-refractivity contribution < 1.29 is 22.4 Å². The molecule has 0 aliphatic rings. The van der Waals surface area contributed by atoms with Crippen LogP contribution in [-0.4, -0.2) is 12.0 Å². The molecule has 7 heteroatoms. The zero-order valence-electron chi connectivity index (χ0n) is 7.75. The van der Waals surface area contributed by atoms with Crippen molar-refractivity contribution in [1.82, 2.24) is 0 Å². The predicted molar refractivity (Wildman–Crippen MR) is 54.2 cm³/mol. The van der Waals surface area contributed by atoms with Crippen LogP contribution in [0.15, 0.2) is 10.5 Å². The number of hydrogen-bond acceptors (Lipinski definition) is 1. The number of ketones is 1. The van der Waals surface area contributed by atoms with Crippen molar-refractivity contribution in [2.24, 2.45) is 0 Å². The molecule has 0 N–H and O–H groups in total. The van der Waals surface area contributed by atoms with Gasteiger partial charge in [-0.05, 0) is 34.5 Å². The maximum absolute atomic E-state index is 13.4. The number of aryl methyl sites for hydroxylation is 1. The van der Waals surface area contributed by atoms with Crippen molar-refractivity contribution in [1.29, 1.82) is 0 Å². The lowest BCUT2D eigenvalue weighted by atomic mass is 10.1. The van der Waals surface area contributed by atoms with Gasteiger partial charge in [-0.2, -0.15) is 13.2 Å². The van der Waals surface area contributed by atoms with E-state index < -0.39 is 23.3 Å². The number of Topliss-reactive ketones (excluding diaryl/α,β-unsaturated/α-hetero) is 1. The minimum atomic E-state index is -5.14. The molecule has 0 amide bonds. The van der Waals surface area contributed by atoms with E-state index in [9.17, 15) is 22.4 Å². The molecule has 0 saturated heterocycles. The second kappa shape index (κ2) is 4.33. The zero-order chi connectivity index (χ0) is 12.7. The third kappa shape index (κ3) is 2.38. The van der Waals surface area contributed by atoms with Crippen molar-refractivity contribution in [2.75, 3.05) is 0 Å². The standard InChI is InChI=1S/C9H4BrClF4O/c1-3-2-4(11)6(10)5(7(3)12)8(16)9(13,14)15/h2H,1H3. The Bertz CT molecular complexity index is 430. The van der Waals surface area contributed by atoms with E-state index in [0.717, 1.165) is 6.07 Å². The van der Waals surface area contributed by atoms with Gasteiger partial charge in [0, 0.05) is 0 Å². The van der Waals surface area contributed by atoms with Gasteiger partial charge in [0.25, 0.3) is 5.78 Å². The van der Waals surface area contributed by atoms with E-state index >= 15 is 0 Å². The second-order valence-corrected chi connectivity index (χ2v) is 4.21. The third-order valence-electron chi connectivity index (χ3n) is 1.82. The maximum Gasteiger partial charge on any atom is 0.455 e. The molecule has 0 radical (unpaired) electrons. The predicted octanol–water partition coefficient (Wildman–Crippen LogP) is 4.30. The Hall–Kier alpha value is -0.620. The summed E-state index contributed by atoms with van der Waals surface area (Å²) in [6.45, 7) is 1.22. The largest absolute Gasteiger partial charge is 0.455 e. The number of carbonyl (C=O) groups is 1. The number of halogens is 6. The summed E-state index contributed by atoms with van der Waals surface area (Å²) in [6, 6.07) is 1.13. The highest BCUT2D eigenvalue weighted by Gasteiger charge is 2.42. The zero-order valence-corrected chi connectivity index (χ0v) is 10.1. The first-order chi connectivity index (χ1) is 7.16. The summed E-state index contributed by atoms with van der Waals surface area (Å²) < 4.78 is 49.6. The van der Waals surface area contributed by atoms with E-state index in [1.54, 1.807) is 0 Å². The van der Waals surface area contributed by atoms with Gasteiger partial charge in [-0.1, -0.05) is 11.6 Å². The molecule has 16 heavy (non-hydrogen) atoms. The fourth-order valence-electron chi connectivity index (χ4n) is 1.07. The summed E-state index contributed by atoms with van der Waals surface area (Å²) in [5.41, 5.74) is -1.21. The highest BCUT2D eigenvalue weighted by atomic mass is 79.9. The Morgan fingerprint density at radius 3 is 2.38 bits per heavy atom. The van der Waals surface area contributed by atoms with E-state index in [2.05, 4.69) is 15.9 Å². The first kappa shape index (κ1) is 13.4. The highest BCUT2D eigenvalue weighted by Crippen LogP contribution is 2.34. The monoisotopic (exact) mass is 318 g/mol. The Kier molecular flexibility index (Phi) is 3.64. The summed E-state index contributed by atoms with van der Waals surface area (Å²) in [5.74, 6) is -3.49. The van der Waals surface area contributed by atoms with Crippen LogP contribution in [0, 0.1) is 12.7 Å². The van der Waals surface area contributed by atoms with E-state index in [0.29, 0.717) is 0 Å². The molecule has 1 aromatic rings. The molecule has 0 fully saturated rings. The quantitative estimate of drug-likeness (QED) is 0.428. The number of rotatable bonds is 1. The van der Waals surface area contributed by atoms with Crippen molar-refractivity contribution >= 4 is 33.3 Å².